The van der Waals surface area contributed by atoms with Crippen LogP contribution >= 0.6 is 23.2 Å². The molecule has 0 bridgehead atoms. The Kier molecular flexibility index (Phi) is 12.5. The van der Waals surface area contributed by atoms with E-state index in [-0.39, 0.29) is 16.8 Å². The third kappa shape index (κ3) is 9.20. The lowest BCUT2D eigenvalue weighted by Gasteiger charge is -2.24. The summed E-state index contributed by atoms with van der Waals surface area (Å²) in [4.78, 5) is 25.0. The first-order chi connectivity index (χ1) is 20.4. The fourth-order valence-electron chi connectivity index (χ4n) is 5.32. The Bertz CT molecular complexity index is 1300. The normalized spacial score (nSPS) is 21.4. The van der Waals surface area contributed by atoms with Gasteiger partial charge in [-0.15, -0.1) is 0 Å². The smallest absolute Gasteiger partial charge is 0.226 e. The summed E-state index contributed by atoms with van der Waals surface area (Å²) >= 11 is 11.7. The first-order valence-electron chi connectivity index (χ1n) is 15.0. The standard InChI is InChI=1S/C13H19ClN4.C10H12ClN5O.C6H12O/c1-3-15-11-9(2)16-13(14)18-12(11)17-10-7-5-4-6-8-10;11-10-14-8(12)7-9(15-10)16(5-13-7)6-3-1-2-4-17-6;1-6-4-2-3-5-7-6/h3,10H,4-8H2,1-2H3,(H,16,17,18);5-6H,1-4H2,(H2,12,14,15);6H,2-5H2,1H3. The van der Waals surface area contributed by atoms with E-state index < -0.39 is 0 Å². The van der Waals surface area contributed by atoms with Crippen LogP contribution in [0.1, 0.15) is 96.4 Å². The molecule has 6 rings (SSSR count). The fraction of sp³-hybridized carbons (Fsp3) is 0.655. The van der Waals surface area contributed by atoms with Crippen LogP contribution in [0.25, 0.3) is 11.2 Å². The maximum absolute atomic E-state index is 5.93. The highest BCUT2D eigenvalue weighted by atomic mass is 35.5. The molecule has 0 spiro atoms. The van der Waals surface area contributed by atoms with Gasteiger partial charge < -0.3 is 20.5 Å². The second-order valence-electron chi connectivity index (χ2n) is 10.8. The molecule has 3 aromatic heterocycles. The third-order valence-electron chi connectivity index (χ3n) is 7.53. The molecule has 0 radical (unpaired) electrons. The first kappa shape index (κ1) is 32.3. The molecule has 42 heavy (non-hydrogen) atoms. The lowest BCUT2D eigenvalue weighted by molar-refractivity contribution is -0.0298. The second kappa shape index (κ2) is 16.3. The lowest BCUT2D eigenvalue weighted by Crippen LogP contribution is -2.23. The number of ether oxygens (including phenoxy) is 2. The molecular formula is C29H43Cl2N9O2. The molecule has 3 fully saturated rings. The minimum atomic E-state index is -0.0286. The van der Waals surface area contributed by atoms with Crippen LogP contribution in [0.3, 0.4) is 0 Å². The molecule has 2 aliphatic heterocycles. The summed E-state index contributed by atoms with van der Waals surface area (Å²) in [6.45, 7) is 7.68. The van der Waals surface area contributed by atoms with Crippen LogP contribution in [0.2, 0.25) is 10.6 Å². The van der Waals surface area contributed by atoms with Crippen molar-refractivity contribution in [1.82, 2.24) is 29.5 Å². The molecule has 0 aromatic carbocycles. The summed E-state index contributed by atoms with van der Waals surface area (Å²) in [5, 5.41) is 3.88. The van der Waals surface area contributed by atoms with Crippen LogP contribution in [0.4, 0.5) is 17.3 Å². The highest BCUT2D eigenvalue weighted by Crippen LogP contribution is 2.30. The van der Waals surface area contributed by atoms with E-state index in [0.29, 0.717) is 29.1 Å². The van der Waals surface area contributed by atoms with Crippen molar-refractivity contribution in [2.24, 2.45) is 4.99 Å². The zero-order valence-corrected chi connectivity index (χ0v) is 26.4. The quantitative estimate of drug-likeness (QED) is 0.228. The van der Waals surface area contributed by atoms with E-state index >= 15 is 0 Å². The average molecular weight is 621 g/mol. The van der Waals surface area contributed by atoms with Crippen LogP contribution in [0, 0.1) is 6.92 Å². The van der Waals surface area contributed by atoms with Crippen molar-refractivity contribution in [3.05, 3.63) is 22.6 Å². The summed E-state index contributed by atoms with van der Waals surface area (Å²) < 4.78 is 12.8. The summed E-state index contributed by atoms with van der Waals surface area (Å²) in [5.41, 5.74) is 8.56. The van der Waals surface area contributed by atoms with Gasteiger partial charge in [-0.25, -0.2) is 9.97 Å². The van der Waals surface area contributed by atoms with Gasteiger partial charge in [-0.05, 0) is 95.3 Å². The predicted octanol–water partition coefficient (Wildman–Crippen LogP) is 7.24. The number of hydrogen-bond donors (Lipinski definition) is 2. The van der Waals surface area contributed by atoms with Crippen LogP contribution in [-0.4, -0.2) is 61.1 Å². The van der Waals surface area contributed by atoms with Crippen molar-refractivity contribution in [3.8, 4) is 0 Å². The van der Waals surface area contributed by atoms with Gasteiger partial charge >= 0.3 is 0 Å². The summed E-state index contributed by atoms with van der Waals surface area (Å²) in [7, 11) is 0. The van der Waals surface area contributed by atoms with Gasteiger partial charge in [0.25, 0.3) is 0 Å². The number of nitrogens with one attached hydrogen (secondary N) is 1. The van der Waals surface area contributed by atoms with Crippen molar-refractivity contribution in [2.45, 2.75) is 110 Å². The van der Waals surface area contributed by atoms with Crippen LogP contribution in [0.15, 0.2) is 11.3 Å². The number of nitrogen functional groups attached to an aromatic ring is 1. The number of nitrogens with two attached hydrogens (primary N) is 1. The Balaban J connectivity index is 0.000000158. The van der Waals surface area contributed by atoms with Gasteiger partial charge in [-0.2, -0.15) is 15.0 Å². The van der Waals surface area contributed by atoms with Crippen LogP contribution < -0.4 is 11.1 Å². The molecule has 11 nitrogen and oxygen atoms in total. The number of hydrogen-bond acceptors (Lipinski definition) is 10. The highest BCUT2D eigenvalue weighted by molar-refractivity contribution is 6.29. The van der Waals surface area contributed by atoms with Crippen molar-refractivity contribution in [3.63, 3.8) is 0 Å². The molecule has 3 aromatic rings. The Morgan fingerprint density at radius 3 is 2.24 bits per heavy atom. The van der Waals surface area contributed by atoms with Gasteiger partial charge in [0.05, 0.1) is 18.1 Å². The fourth-order valence-corrected chi connectivity index (χ4v) is 5.71. The second-order valence-corrected chi connectivity index (χ2v) is 11.5. The van der Waals surface area contributed by atoms with E-state index in [4.69, 9.17) is 38.4 Å². The zero-order valence-electron chi connectivity index (χ0n) is 24.9. The number of aliphatic imine (C=N–C) groups is 1. The molecule has 13 heteroatoms. The van der Waals surface area contributed by atoms with Crippen molar-refractivity contribution in [2.75, 3.05) is 24.3 Å². The molecule has 2 unspecified atom stereocenters. The van der Waals surface area contributed by atoms with E-state index in [1.165, 1.54) is 51.4 Å². The molecule has 5 heterocycles. The van der Waals surface area contributed by atoms with Crippen molar-refractivity contribution < 1.29 is 9.47 Å². The molecule has 1 aliphatic carbocycles. The number of aromatic nitrogens is 6. The van der Waals surface area contributed by atoms with Gasteiger partial charge in [0, 0.05) is 25.5 Å². The number of nitrogens with zero attached hydrogens (tertiary/aromatic N) is 7. The number of anilines is 2. The molecule has 1 saturated carbocycles. The Hall–Kier alpha value is -2.60. The Labute approximate surface area is 258 Å². The van der Waals surface area contributed by atoms with Gasteiger partial charge in [0.2, 0.25) is 10.6 Å². The van der Waals surface area contributed by atoms with E-state index in [1.54, 1.807) is 12.5 Å². The van der Waals surface area contributed by atoms with E-state index in [0.717, 1.165) is 49.7 Å². The van der Waals surface area contributed by atoms with Crippen LogP contribution in [0.5, 0.6) is 0 Å². The SMILES string of the molecule is CC1CCCCO1.CC=Nc1c(C)nc(Cl)nc1NC1CCCCC1.Nc1nc(Cl)nc2c1ncn2C1CCCCO1. The van der Waals surface area contributed by atoms with Gasteiger partial charge in [0.15, 0.2) is 17.3 Å². The molecule has 2 saturated heterocycles. The van der Waals surface area contributed by atoms with Crippen LogP contribution in [-0.2, 0) is 9.47 Å². The van der Waals surface area contributed by atoms with E-state index in [1.807, 2.05) is 18.4 Å². The predicted molar refractivity (Wildman–Crippen MR) is 169 cm³/mol. The summed E-state index contributed by atoms with van der Waals surface area (Å²) in [5.74, 6) is 1.06. The van der Waals surface area contributed by atoms with Crippen molar-refractivity contribution in [1.29, 1.82) is 0 Å². The average Bonchev–Trinajstić information content (AvgIpc) is 3.41. The minimum Gasteiger partial charge on any atom is -0.382 e. The highest BCUT2D eigenvalue weighted by Gasteiger charge is 2.20. The largest absolute Gasteiger partial charge is 0.382 e. The van der Waals surface area contributed by atoms with Gasteiger partial charge in [-0.3, -0.25) is 9.56 Å². The summed E-state index contributed by atoms with van der Waals surface area (Å²) in [6.07, 6.45) is 17.3. The Morgan fingerprint density at radius 2 is 1.62 bits per heavy atom. The maximum Gasteiger partial charge on any atom is 0.226 e. The number of rotatable bonds is 4. The molecular weight excluding hydrogens is 577 g/mol. The number of fused-ring (bicyclic) bond motifs is 1. The molecule has 230 valence electrons. The number of halogens is 2. The van der Waals surface area contributed by atoms with Gasteiger partial charge in [-0.1, -0.05) is 19.3 Å². The third-order valence-corrected chi connectivity index (χ3v) is 7.87. The number of aryl methyl sites for hydroxylation is 1. The monoisotopic (exact) mass is 619 g/mol. The topological polar surface area (TPSA) is 138 Å². The first-order valence-corrected chi connectivity index (χ1v) is 15.8. The van der Waals surface area contributed by atoms with E-state index in [2.05, 4.69) is 42.2 Å². The maximum atomic E-state index is 5.93. The van der Waals surface area contributed by atoms with Gasteiger partial charge in [0.1, 0.15) is 17.4 Å². The lowest BCUT2D eigenvalue weighted by atomic mass is 9.95. The molecule has 3 N–H and O–H groups in total. The van der Waals surface area contributed by atoms with E-state index in [9.17, 15) is 0 Å². The molecule has 2 atom stereocenters. The molecule has 0 amide bonds. The minimum absolute atomic E-state index is 0.0286. The van der Waals surface area contributed by atoms with Crippen molar-refractivity contribution >= 4 is 57.9 Å². The number of imidazole rings is 1. The Morgan fingerprint density at radius 1 is 0.929 bits per heavy atom. The molecule has 3 aliphatic rings. The summed E-state index contributed by atoms with van der Waals surface area (Å²) in [6, 6.07) is 0.481. The zero-order chi connectivity index (χ0) is 29.9.